The standard InChI is InChI=1S/C34H28N10O9S3/c35-20-6-15-27(26(36)18-20)41-38-23-11-13-25(14-12-23)54(46,47)44-24-9-7-22(8-10-24)40-42-32-28(55(48,49)50)16-19-17-29(56(51,52)53)33(34(45)30(19)31(32)37)43-39-21-4-2-1-3-5-21/h1-18,44-45H,35-37H2,(H,48,49,50)(H,51,52,53). The highest BCUT2D eigenvalue weighted by Gasteiger charge is 2.28. The predicted molar refractivity (Wildman–Crippen MR) is 208 cm³/mol. The van der Waals surface area contributed by atoms with Crippen LogP contribution in [0.15, 0.2) is 155 Å². The van der Waals surface area contributed by atoms with Crippen molar-refractivity contribution in [2.45, 2.75) is 14.7 Å². The Morgan fingerprint density at radius 2 is 1.07 bits per heavy atom. The Balaban J connectivity index is 1.28. The van der Waals surface area contributed by atoms with E-state index in [1.807, 2.05) is 0 Å². The number of rotatable bonds is 11. The predicted octanol–water partition coefficient (Wildman–Crippen LogP) is 7.83. The van der Waals surface area contributed by atoms with Crippen molar-refractivity contribution in [2.24, 2.45) is 30.7 Å². The zero-order chi connectivity index (χ0) is 40.4. The normalized spacial score (nSPS) is 12.6. The van der Waals surface area contributed by atoms with Gasteiger partial charge in [0.1, 0.15) is 26.9 Å². The third-order valence-corrected chi connectivity index (χ3v) is 10.9. The van der Waals surface area contributed by atoms with E-state index in [0.29, 0.717) is 22.7 Å². The van der Waals surface area contributed by atoms with Crippen LogP contribution in [0.4, 0.5) is 56.9 Å². The number of benzene rings is 6. The number of sulfonamides is 1. The van der Waals surface area contributed by atoms with Crippen LogP contribution in [0.3, 0.4) is 0 Å². The number of nitrogen functional groups attached to an aromatic ring is 3. The Hall–Kier alpha value is -6.85. The molecule has 0 saturated carbocycles. The van der Waals surface area contributed by atoms with E-state index in [0.717, 1.165) is 12.1 Å². The second kappa shape index (κ2) is 15.1. The summed E-state index contributed by atoms with van der Waals surface area (Å²) in [5.41, 5.74) is 17.8. The summed E-state index contributed by atoms with van der Waals surface area (Å²) < 4.78 is 97.9. The number of hydrogen-bond acceptors (Lipinski definition) is 16. The van der Waals surface area contributed by atoms with Crippen molar-refractivity contribution in [1.29, 1.82) is 0 Å². The van der Waals surface area contributed by atoms with Gasteiger partial charge in [0.05, 0.1) is 38.7 Å². The Bertz CT molecular complexity index is 2930. The first kappa shape index (κ1) is 38.9. The molecule has 10 N–H and O–H groups in total. The summed E-state index contributed by atoms with van der Waals surface area (Å²) in [6.45, 7) is 0. The van der Waals surface area contributed by atoms with E-state index >= 15 is 0 Å². The highest BCUT2D eigenvalue weighted by molar-refractivity contribution is 7.92. The highest BCUT2D eigenvalue weighted by Crippen LogP contribution is 2.48. The second-order valence-corrected chi connectivity index (χ2v) is 16.1. The topological polar surface area (TPSA) is 327 Å². The summed E-state index contributed by atoms with van der Waals surface area (Å²) in [6, 6.07) is 25.1. The van der Waals surface area contributed by atoms with Gasteiger partial charge in [-0.1, -0.05) is 18.2 Å². The number of phenolic OH excluding ortho intramolecular Hbond substituents is 1. The maximum Gasteiger partial charge on any atom is 0.296 e. The van der Waals surface area contributed by atoms with Crippen molar-refractivity contribution < 1.29 is 39.5 Å². The molecule has 0 aromatic heterocycles. The Kier molecular flexibility index (Phi) is 10.5. The van der Waals surface area contributed by atoms with E-state index in [-0.39, 0.29) is 32.7 Å². The molecule has 56 heavy (non-hydrogen) atoms. The minimum Gasteiger partial charge on any atom is -0.505 e. The quantitative estimate of drug-likeness (QED) is 0.0373. The van der Waals surface area contributed by atoms with Crippen LogP contribution in [0.2, 0.25) is 0 Å². The molecule has 0 atom stereocenters. The maximum absolute atomic E-state index is 13.1. The van der Waals surface area contributed by atoms with Crippen molar-refractivity contribution in [3.8, 4) is 5.75 Å². The molecule has 0 bridgehead atoms. The zero-order valence-electron chi connectivity index (χ0n) is 28.3. The third-order valence-electron chi connectivity index (χ3n) is 7.75. The van der Waals surface area contributed by atoms with Crippen LogP contribution < -0.4 is 21.9 Å². The van der Waals surface area contributed by atoms with Crippen molar-refractivity contribution in [3.05, 3.63) is 109 Å². The number of anilines is 4. The van der Waals surface area contributed by atoms with Crippen LogP contribution in [0.5, 0.6) is 5.75 Å². The fourth-order valence-electron chi connectivity index (χ4n) is 5.09. The molecule has 22 heteroatoms. The van der Waals surface area contributed by atoms with Gasteiger partial charge in [-0.05, 0) is 96.4 Å². The van der Waals surface area contributed by atoms with Gasteiger partial charge in [-0.3, -0.25) is 13.8 Å². The first-order valence-electron chi connectivity index (χ1n) is 15.7. The number of fused-ring (bicyclic) bond motifs is 1. The van der Waals surface area contributed by atoms with Crippen LogP contribution in [0.1, 0.15) is 0 Å². The average Bonchev–Trinajstić information content (AvgIpc) is 3.13. The SMILES string of the molecule is Nc1ccc(N=Nc2ccc(S(=O)(=O)Nc3ccc(N=Nc4c(S(=O)(=O)O)cc5cc(S(=O)(=O)O)c(N=Nc6ccccc6)c(O)c5c4N)cc3)cc2)c(N)c1. The second-order valence-electron chi connectivity index (χ2n) is 11.7. The molecule has 0 fully saturated rings. The summed E-state index contributed by atoms with van der Waals surface area (Å²) >= 11 is 0. The number of nitrogens with two attached hydrogens (primary N) is 3. The number of phenols is 1. The summed E-state index contributed by atoms with van der Waals surface area (Å²) in [7, 11) is -14.3. The molecule has 0 aliphatic rings. The van der Waals surface area contributed by atoms with Gasteiger partial charge in [0.25, 0.3) is 30.3 Å². The van der Waals surface area contributed by atoms with Gasteiger partial charge >= 0.3 is 0 Å². The molecule has 0 aliphatic carbocycles. The highest BCUT2D eigenvalue weighted by atomic mass is 32.2. The lowest BCUT2D eigenvalue weighted by Gasteiger charge is -2.14. The smallest absolute Gasteiger partial charge is 0.296 e. The number of nitrogens with zero attached hydrogens (tertiary/aromatic N) is 6. The van der Waals surface area contributed by atoms with Gasteiger partial charge < -0.3 is 22.3 Å². The molecule has 0 unspecified atom stereocenters. The Morgan fingerprint density at radius 3 is 1.64 bits per heavy atom. The van der Waals surface area contributed by atoms with Gasteiger partial charge in [0.2, 0.25) is 0 Å². The van der Waals surface area contributed by atoms with Crippen LogP contribution >= 0.6 is 0 Å². The lowest BCUT2D eigenvalue weighted by Crippen LogP contribution is -2.12. The van der Waals surface area contributed by atoms with Crippen LogP contribution in [0.25, 0.3) is 10.8 Å². The third kappa shape index (κ3) is 8.59. The summed E-state index contributed by atoms with van der Waals surface area (Å²) in [4.78, 5) is -1.95. The molecule has 0 spiro atoms. The van der Waals surface area contributed by atoms with Gasteiger partial charge in [-0.2, -0.15) is 32.2 Å². The Labute approximate surface area is 318 Å². The molecule has 6 aromatic rings. The van der Waals surface area contributed by atoms with E-state index in [2.05, 4.69) is 35.4 Å². The largest absolute Gasteiger partial charge is 0.505 e. The van der Waals surface area contributed by atoms with Gasteiger partial charge in [-0.15, -0.1) is 15.3 Å². The first-order valence-corrected chi connectivity index (χ1v) is 20.0. The first-order chi connectivity index (χ1) is 26.4. The number of hydrogen-bond donors (Lipinski definition) is 7. The molecule has 6 rings (SSSR count). The van der Waals surface area contributed by atoms with Crippen molar-refractivity contribution >= 4 is 97.9 Å². The van der Waals surface area contributed by atoms with Crippen molar-refractivity contribution in [1.82, 2.24) is 0 Å². The molecular weight excluding hydrogens is 789 g/mol. The molecule has 286 valence electrons. The van der Waals surface area contributed by atoms with Crippen molar-refractivity contribution in [2.75, 3.05) is 21.9 Å². The maximum atomic E-state index is 13.1. The van der Waals surface area contributed by atoms with Crippen LogP contribution in [0, 0.1) is 0 Å². The van der Waals surface area contributed by atoms with E-state index < -0.39 is 62.9 Å². The van der Waals surface area contributed by atoms with E-state index in [1.54, 1.807) is 30.3 Å². The monoisotopic (exact) mass is 816 g/mol. The van der Waals surface area contributed by atoms with E-state index in [4.69, 9.17) is 17.2 Å². The van der Waals surface area contributed by atoms with Crippen molar-refractivity contribution in [3.63, 3.8) is 0 Å². The fraction of sp³-hybridized carbons (Fsp3) is 0. The molecule has 0 saturated heterocycles. The lowest BCUT2D eigenvalue weighted by atomic mass is 10.1. The average molecular weight is 817 g/mol. The summed E-state index contributed by atoms with van der Waals surface area (Å²) in [5.74, 6) is -0.912. The summed E-state index contributed by atoms with van der Waals surface area (Å²) in [5, 5.41) is 34.2. The molecule has 0 amide bonds. The van der Waals surface area contributed by atoms with Crippen LogP contribution in [-0.4, -0.2) is 39.5 Å². The zero-order valence-corrected chi connectivity index (χ0v) is 30.8. The minimum atomic E-state index is -5.11. The summed E-state index contributed by atoms with van der Waals surface area (Å²) in [6.07, 6.45) is 0. The molecule has 19 nitrogen and oxygen atoms in total. The number of azo groups is 3. The minimum absolute atomic E-state index is 0.0634. The van der Waals surface area contributed by atoms with Gasteiger partial charge in [0, 0.05) is 11.4 Å². The Morgan fingerprint density at radius 1 is 0.554 bits per heavy atom. The molecular formula is C34H28N10O9S3. The number of nitrogens with one attached hydrogen (secondary N) is 1. The molecule has 6 aromatic carbocycles. The van der Waals surface area contributed by atoms with Crippen LogP contribution in [-0.2, 0) is 30.3 Å². The number of aromatic hydroxyl groups is 1. The van der Waals surface area contributed by atoms with E-state index in [1.165, 1.54) is 66.7 Å². The molecule has 0 aliphatic heterocycles. The van der Waals surface area contributed by atoms with Gasteiger partial charge in [-0.25, -0.2) is 8.42 Å². The molecule has 0 radical (unpaired) electrons. The molecule has 0 heterocycles. The van der Waals surface area contributed by atoms with Gasteiger partial charge in [0.15, 0.2) is 5.75 Å². The van der Waals surface area contributed by atoms with E-state index in [9.17, 15) is 39.5 Å². The fourth-order valence-corrected chi connectivity index (χ4v) is 7.48. The lowest BCUT2D eigenvalue weighted by molar-refractivity contribution is 0.472.